The van der Waals surface area contributed by atoms with E-state index in [1.807, 2.05) is 6.07 Å². The zero-order valence-corrected chi connectivity index (χ0v) is 11.6. The molecular formula is C12H8ClF3N4O. The Balaban J connectivity index is 2.66. The molecule has 2 heterocycles. The van der Waals surface area contributed by atoms with Crippen molar-refractivity contribution in [1.29, 1.82) is 5.26 Å². The number of nitriles is 1. The van der Waals surface area contributed by atoms with Gasteiger partial charge in [-0.3, -0.25) is 0 Å². The van der Waals surface area contributed by atoms with Crippen LogP contribution in [-0.2, 0) is 6.18 Å². The van der Waals surface area contributed by atoms with E-state index in [4.69, 9.17) is 16.9 Å². The van der Waals surface area contributed by atoms with E-state index in [0.717, 1.165) is 13.2 Å². The first-order valence-electron chi connectivity index (χ1n) is 5.56. The van der Waals surface area contributed by atoms with Crippen LogP contribution >= 0.6 is 11.6 Å². The van der Waals surface area contributed by atoms with Crippen molar-refractivity contribution in [2.24, 2.45) is 0 Å². The predicted octanol–water partition coefficient (Wildman–Crippen LogP) is 3.13. The highest BCUT2D eigenvalue weighted by Gasteiger charge is 2.36. The van der Waals surface area contributed by atoms with Crippen LogP contribution in [0.3, 0.4) is 0 Å². The zero-order valence-electron chi connectivity index (χ0n) is 10.9. The standard InChI is InChI=1S/C12H8ClF3N4O/c1-6-7(4-17)5-18-20(6)10-9(13)3-8(12(14,15)16)11(19-10)21-2/h3,5H,1-2H3. The third-order valence-corrected chi connectivity index (χ3v) is 3.03. The lowest BCUT2D eigenvalue weighted by Gasteiger charge is -2.14. The molecule has 2 aromatic heterocycles. The SMILES string of the molecule is COc1nc(-n2ncc(C#N)c2C)c(Cl)cc1C(F)(F)F. The first kappa shape index (κ1) is 15.1. The summed E-state index contributed by atoms with van der Waals surface area (Å²) in [5.41, 5.74) is -0.399. The molecule has 0 atom stereocenters. The van der Waals surface area contributed by atoms with Gasteiger partial charge in [-0.25, -0.2) is 4.68 Å². The minimum Gasteiger partial charge on any atom is -0.481 e. The van der Waals surface area contributed by atoms with E-state index in [1.165, 1.54) is 10.9 Å². The zero-order chi connectivity index (χ0) is 15.8. The molecule has 0 saturated carbocycles. The van der Waals surface area contributed by atoms with E-state index in [-0.39, 0.29) is 16.4 Å². The fraction of sp³-hybridized carbons (Fsp3) is 0.250. The van der Waals surface area contributed by atoms with Crippen LogP contribution in [0.2, 0.25) is 5.02 Å². The van der Waals surface area contributed by atoms with Crippen molar-refractivity contribution in [3.05, 3.63) is 34.1 Å². The quantitative estimate of drug-likeness (QED) is 0.854. The minimum atomic E-state index is -4.64. The van der Waals surface area contributed by atoms with Gasteiger partial charge in [0.1, 0.15) is 11.6 Å². The number of hydrogen-bond acceptors (Lipinski definition) is 4. The van der Waals surface area contributed by atoms with Crippen molar-refractivity contribution in [2.75, 3.05) is 7.11 Å². The Morgan fingerprint density at radius 3 is 2.57 bits per heavy atom. The molecule has 0 bridgehead atoms. The van der Waals surface area contributed by atoms with Crippen LogP contribution in [0.1, 0.15) is 16.8 Å². The molecule has 2 rings (SSSR count). The lowest BCUT2D eigenvalue weighted by Crippen LogP contribution is -2.12. The maximum atomic E-state index is 12.8. The number of hydrogen-bond donors (Lipinski definition) is 0. The molecule has 0 saturated heterocycles. The van der Waals surface area contributed by atoms with Crippen molar-refractivity contribution < 1.29 is 17.9 Å². The lowest BCUT2D eigenvalue weighted by atomic mass is 10.2. The number of halogens is 4. The summed E-state index contributed by atoms with van der Waals surface area (Å²) in [6.07, 6.45) is -3.37. The van der Waals surface area contributed by atoms with E-state index in [9.17, 15) is 13.2 Å². The van der Waals surface area contributed by atoms with Crippen molar-refractivity contribution in [1.82, 2.24) is 14.8 Å². The van der Waals surface area contributed by atoms with Gasteiger partial charge >= 0.3 is 6.18 Å². The van der Waals surface area contributed by atoms with Crippen LogP contribution in [0.4, 0.5) is 13.2 Å². The molecule has 0 aromatic carbocycles. The first-order chi connectivity index (χ1) is 9.79. The van der Waals surface area contributed by atoms with Gasteiger partial charge in [-0.05, 0) is 13.0 Å². The summed E-state index contributed by atoms with van der Waals surface area (Å²) in [5.74, 6) is -0.657. The maximum absolute atomic E-state index is 12.8. The second kappa shape index (κ2) is 5.26. The summed E-state index contributed by atoms with van der Waals surface area (Å²) in [6.45, 7) is 1.58. The Kier molecular flexibility index (Phi) is 3.78. The fourth-order valence-corrected chi connectivity index (χ4v) is 1.93. The number of nitrogens with zero attached hydrogens (tertiary/aromatic N) is 4. The Hall–Kier alpha value is -2.27. The largest absolute Gasteiger partial charge is 0.481 e. The minimum absolute atomic E-state index is 0.0412. The van der Waals surface area contributed by atoms with Crippen molar-refractivity contribution in [3.63, 3.8) is 0 Å². The molecule has 5 nitrogen and oxygen atoms in total. The monoisotopic (exact) mass is 316 g/mol. The van der Waals surface area contributed by atoms with Gasteiger partial charge in [0.15, 0.2) is 5.82 Å². The number of methoxy groups -OCH3 is 1. The predicted molar refractivity (Wildman–Crippen MR) is 67.4 cm³/mol. The van der Waals surface area contributed by atoms with E-state index < -0.39 is 17.6 Å². The second-order valence-electron chi connectivity index (χ2n) is 4.02. The third kappa shape index (κ3) is 2.64. The van der Waals surface area contributed by atoms with Crippen molar-refractivity contribution in [3.8, 4) is 17.8 Å². The molecule has 0 spiro atoms. The van der Waals surface area contributed by atoms with E-state index in [1.54, 1.807) is 6.92 Å². The summed E-state index contributed by atoms with van der Waals surface area (Å²) < 4.78 is 44.4. The molecule has 0 aliphatic rings. The number of ether oxygens (including phenoxy) is 1. The first-order valence-corrected chi connectivity index (χ1v) is 5.94. The van der Waals surface area contributed by atoms with Crippen LogP contribution in [-0.4, -0.2) is 21.9 Å². The van der Waals surface area contributed by atoms with E-state index >= 15 is 0 Å². The second-order valence-corrected chi connectivity index (χ2v) is 4.42. The van der Waals surface area contributed by atoms with Gasteiger partial charge in [-0.15, -0.1) is 0 Å². The molecule has 0 amide bonds. The van der Waals surface area contributed by atoms with Gasteiger partial charge in [0.05, 0.1) is 29.6 Å². The van der Waals surface area contributed by atoms with Crippen molar-refractivity contribution in [2.45, 2.75) is 13.1 Å². The fourth-order valence-electron chi connectivity index (χ4n) is 1.70. The highest BCUT2D eigenvalue weighted by atomic mass is 35.5. The summed E-state index contributed by atoms with van der Waals surface area (Å²) in [6, 6.07) is 2.62. The normalized spacial score (nSPS) is 11.3. The highest BCUT2D eigenvalue weighted by molar-refractivity contribution is 6.32. The number of rotatable bonds is 2. The molecule has 0 radical (unpaired) electrons. The molecule has 0 unspecified atom stereocenters. The topological polar surface area (TPSA) is 63.7 Å². The molecule has 0 N–H and O–H groups in total. The summed E-state index contributed by atoms with van der Waals surface area (Å²) in [5, 5.41) is 12.5. The average molecular weight is 317 g/mol. The van der Waals surface area contributed by atoms with Crippen LogP contribution in [0.25, 0.3) is 5.82 Å². The van der Waals surface area contributed by atoms with Crippen LogP contribution < -0.4 is 4.74 Å². The highest BCUT2D eigenvalue weighted by Crippen LogP contribution is 2.38. The Morgan fingerprint density at radius 2 is 2.10 bits per heavy atom. The van der Waals surface area contributed by atoms with Gasteiger partial charge in [-0.1, -0.05) is 11.6 Å². The van der Waals surface area contributed by atoms with Gasteiger partial charge < -0.3 is 4.74 Å². The molecule has 0 fully saturated rings. The van der Waals surface area contributed by atoms with E-state index in [2.05, 4.69) is 14.8 Å². The molecule has 0 aliphatic heterocycles. The Bertz CT molecular complexity index is 733. The smallest absolute Gasteiger partial charge is 0.421 e. The van der Waals surface area contributed by atoms with Crippen LogP contribution in [0.15, 0.2) is 12.3 Å². The molecule has 21 heavy (non-hydrogen) atoms. The maximum Gasteiger partial charge on any atom is 0.421 e. The molecule has 0 aliphatic carbocycles. The van der Waals surface area contributed by atoms with Gasteiger partial charge in [0.2, 0.25) is 5.88 Å². The van der Waals surface area contributed by atoms with Gasteiger partial charge in [0, 0.05) is 0 Å². The average Bonchev–Trinajstić information content (AvgIpc) is 2.78. The van der Waals surface area contributed by atoms with Crippen molar-refractivity contribution >= 4 is 11.6 Å². The molecule has 2 aromatic rings. The summed E-state index contributed by atoms with van der Waals surface area (Å²) in [7, 11) is 1.08. The van der Waals surface area contributed by atoms with Crippen LogP contribution in [0.5, 0.6) is 5.88 Å². The molecule has 9 heteroatoms. The van der Waals surface area contributed by atoms with Gasteiger partial charge in [-0.2, -0.15) is 28.5 Å². The molecule has 110 valence electrons. The Labute approximate surface area is 122 Å². The summed E-state index contributed by atoms with van der Waals surface area (Å²) in [4.78, 5) is 3.75. The van der Waals surface area contributed by atoms with Crippen LogP contribution in [0, 0.1) is 18.3 Å². The number of aromatic nitrogens is 3. The molecular weight excluding hydrogens is 309 g/mol. The number of alkyl halides is 3. The lowest BCUT2D eigenvalue weighted by molar-refractivity contribution is -0.139. The van der Waals surface area contributed by atoms with Gasteiger partial charge in [0.25, 0.3) is 0 Å². The third-order valence-electron chi connectivity index (χ3n) is 2.75. The van der Waals surface area contributed by atoms with E-state index in [0.29, 0.717) is 5.69 Å². The summed E-state index contributed by atoms with van der Waals surface area (Å²) >= 11 is 5.86. The number of pyridine rings is 1. The Morgan fingerprint density at radius 1 is 1.43 bits per heavy atom.